The minimum Gasteiger partial charge on any atom is -0.462 e. The molecule has 0 radical (unpaired) electrons. The zero-order chi connectivity index (χ0) is 18.8. The van der Waals surface area contributed by atoms with E-state index in [0.717, 1.165) is 45.3 Å². The summed E-state index contributed by atoms with van der Waals surface area (Å²) in [6.45, 7) is 8.34. The second-order valence-electron chi connectivity index (χ2n) is 6.58. The molecule has 3 rings (SSSR count). The van der Waals surface area contributed by atoms with Gasteiger partial charge in [0.05, 0.1) is 23.4 Å². The molecule has 0 saturated carbocycles. The van der Waals surface area contributed by atoms with Crippen LogP contribution < -0.4 is 0 Å². The molecule has 2 aromatic carbocycles. The fourth-order valence-electron chi connectivity index (χ4n) is 3.26. The van der Waals surface area contributed by atoms with Crippen molar-refractivity contribution in [2.24, 2.45) is 0 Å². The molecule has 0 unspecified atom stereocenters. The molecule has 4 heteroatoms. The Morgan fingerprint density at radius 3 is 2.62 bits per heavy atom. The second kappa shape index (κ2) is 7.46. The van der Waals surface area contributed by atoms with Crippen LogP contribution >= 0.6 is 11.6 Å². The van der Waals surface area contributed by atoms with Crippen molar-refractivity contribution < 1.29 is 9.53 Å². The number of rotatable bonds is 4. The number of benzene rings is 2. The molecule has 0 N–H and O–H groups in total. The second-order valence-corrected chi connectivity index (χ2v) is 7.02. The van der Waals surface area contributed by atoms with Crippen molar-refractivity contribution >= 4 is 28.5 Å². The summed E-state index contributed by atoms with van der Waals surface area (Å²) in [6.07, 6.45) is 0.785. The molecule has 0 bridgehead atoms. The number of halogens is 1. The molecule has 0 atom stereocenters. The highest BCUT2D eigenvalue weighted by atomic mass is 35.5. The maximum atomic E-state index is 12.8. The number of hydrogen-bond acceptors (Lipinski definition) is 3. The fourth-order valence-corrected chi connectivity index (χ4v) is 3.45. The van der Waals surface area contributed by atoms with Crippen LogP contribution in [0.25, 0.3) is 22.2 Å². The molecule has 134 valence electrons. The summed E-state index contributed by atoms with van der Waals surface area (Å²) in [7, 11) is 0. The molecule has 3 nitrogen and oxygen atoms in total. The molecule has 0 aliphatic heterocycles. The molecule has 26 heavy (non-hydrogen) atoms. The van der Waals surface area contributed by atoms with Gasteiger partial charge in [-0.2, -0.15) is 0 Å². The van der Waals surface area contributed by atoms with Crippen LogP contribution in [0.15, 0.2) is 36.4 Å². The average Bonchev–Trinajstić information content (AvgIpc) is 2.59. The molecule has 3 aromatic rings. The Kier molecular flexibility index (Phi) is 5.28. The molecule has 1 aromatic heterocycles. The Hall–Kier alpha value is -2.39. The lowest BCUT2D eigenvalue weighted by Gasteiger charge is -2.16. The summed E-state index contributed by atoms with van der Waals surface area (Å²) in [6, 6.07) is 11.6. The van der Waals surface area contributed by atoms with E-state index in [1.54, 1.807) is 0 Å². The Morgan fingerprint density at radius 2 is 1.92 bits per heavy atom. The lowest BCUT2D eigenvalue weighted by molar-refractivity contribution is 0.0506. The van der Waals surface area contributed by atoms with E-state index in [1.807, 2.05) is 58.0 Å². The van der Waals surface area contributed by atoms with Gasteiger partial charge < -0.3 is 4.74 Å². The largest absolute Gasteiger partial charge is 0.462 e. The zero-order valence-electron chi connectivity index (χ0n) is 15.5. The number of carbonyl (C=O) groups is 1. The van der Waals surface area contributed by atoms with E-state index in [-0.39, 0.29) is 5.97 Å². The lowest BCUT2D eigenvalue weighted by atomic mass is 9.95. The number of esters is 1. The van der Waals surface area contributed by atoms with Gasteiger partial charge in [0.25, 0.3) is 0 Å². The van der Waals surface area contributed by atoms with Crippen molar-refractivity contribution in [2.75, 3.05) is 6.61 Å². The van der Waals surface area contributed by atoms with Crippen molar-refractivity contribution in [2.45, 2.75) is 34.1 Å². The van der Waals surface area contributed by atoms with Crippen LogP contribution in [-0.2, 0) is 4.74 Å². The first-order valence-electron chi connectivity index (χ1n) is 8.77. The van der Waals surface area contributed by atoms with E-state index < -0.39 is 0 Å². The van der Waals surface area contributed by atoms with Gasteiger partial charge in [-0.25, -0.2) is 9.78 Å². The molecule has 0 saturated heterocycles. The maximum Gasteiger partial charge on any atom is 0.339 e. The van der Waals surface area contributed by atoms with Gasteiger partial charge in [0, 0.05) is 16.0 Å². The molecular formula is C22H22ClNO2. The number of fused-ring (bicyclic) bond motifs is 1. The minimum atomic E-state index is -0.301. The molecule has 0 spiro atoms. The molecule has 0 amide bonds. The molecule has 0 aliphatic carbocycles. The number of aryl methyl sites for hydroxylation is 2. The first-order valence-corrected chi connectivity index (χ1v) is 9.14. The number of pyridine rings is 1. The van der Waals surface area contributed by atoms with Crippen LogP contribution in [0.2, 0.25) is 5.02 Å². The predicted molar refractivity (Wildman–Crippen MR) is 107 cm³/mol. The highest BCUT2D eigenvalue weighted by molar-refractivity contribution is 6.30. The quantitative estimate of drug-likeness (QED) is 0.527. The van der Waals surface area contributed by atoms with Crippen LogP contribution in [0.4, 0.5) is 0 Å². The molecule has 1 heterocycles. The van der Waals surface area contributed by atoms with Crippen molar-refractivity contribution in [3.05, 3.63) is 63.7 Å². The highest BCUT2D eigenvalue weighted by Gasteiger charge is 2.21. The topological polar surface area (TPSA) is 39.2 Å². The van der Waals surface area contributed by atoms with E-state index in [1.165, 1.54) is 0 Å². The fraction of sp³-hybridized carbons (Fsp3) is 0.273. The van der Waals surface area contributed by atoms with E-state index in [9.17, 15) is 4.79 Å². The van der Waals surface area contributed by atoms with Gasteiger partial charge in [0.2, 0.25) is 0 Å². The molecule has 0 aliphatic rings. The lowest BCUT2D eigenvalue weighted by Crippen LogP contribution is -2.11. The summed E-state index contributed by atoms with van der Waals surface area (Å²) in [4.78, 5) is 17.7. The van der Waals surface area contributed by atoms with Crippen LogP contribution in [0.3, 0.4) is 0 Å². The Bertz CT molecular complexity index is 995. The van der Waals surface area contributed by atoms with E-state index in [4.69, 9.17) is 21.3 Å². The monoisotopic (exact) mass is 367 g/mol. The number of aromatic nitrogens is 1. The van der Waals surface area contributed by atoms with Gasteiger partial charge in [-0.3, -0.25) is 0 Å². The van der Waals surface area contributed by atoms with Gasteiger partial charge in [-0.1, -0.05) is 42.3 Å². The molecular weight excluding hydrogens is 346 g/mol. The van der Waals surface area contributed by atoms with Gasteiger partial charge in [0.15, 0.2) is 0 Å². The third kappa shape index (κ3) is 3.45. The summed E-state index contributed by atoms with van der Waals surface area (Å²) in [5.41, 5.74) is 6.00. The Morgan fingerprint density at radius 1 is 1.15 bits per heavy atom. The van der Waals surface area contributed by atoms with Crippen molar-refractivity contribution in [3.63, 3.8) is 0 Å². The Balaban J connectivity index is 2.34. The number of ether oxygens (including phenoxy) is 1. The van der Waals surface area contributed by atoms with Gasteiger partial charge >= 0.3 is 5.97 Å². The van der Waals surface area contributed by atoms with Crippen molar-refractivity contribution in [1.82, 2.24) is 4.98 Å². The first-order chi connectivity index (χ1) is 12.4. The highest BCUT2D eigenvalue weighted by Crippen LogP contribution is 2.33. The standard InChI is InChI=1S/C22H22ClNO2/c1-5-9-26-22(25)19-15(4)21(16-7-6-8-17(23)12-16)24-20-14(3)10-13(2)11-18(19)20/h6-8,10-12H,5,9H2,1-4H3. The summed E-state index contributed by atoms with van der Waals surface area (Å²) in [5.74, 6) is -0.301. The predicted octanol–water partition coefficient (Wildman–Crippen LogP) is 6.05. The van der Waals surface area contributed by atoms with Crippen LogP contribution in [0, 0.1) is 20.8 Å². The average molecular weight is 368 g/mol. The van der Waals surface area contributed by atoms with Crippen LogP contribution in [-0.4, -0.2) is 17.6 Å². The van der Waals surface area contributed by atoms with E-state index in [0.29, 0.717) is 17.2 Å². The normalized spacial score (nSPS) is 11.0. The summed E-state index contributed by atoms with van der Waals surface area (Å²) >= 11 is 6.17. The third-order valence-corrected chi connectivity index (χ3v) is 4.64. The van der Waals surface area contributed by atoms with Gasteiger partial charge in [-0.15, -0.1) is 0 Å². The Labute approximate surface area is 159 Å². The van der Waals surface area contributed by atoms with Crippen LogP contribution in [0.1, 0.15) is 40.4 Å². The number of hydrogen-bond donors (Lipinski definition) is 0. The van der Waals surface area contributed by atoms with E-state index in [2.05, 4.69) is 6.07 Å². The maximum absolute atomic E-state index is 12.8. The summed E-state index contributed by atoms with van der Waals surface area (Å²) < 4.78 is 5.47. The zero-order valence-corrected chi connectivity index (χ0v) is 16.3. The number of nitrogens with zero attached hydrogens (tertiary/aromatic N) is 1. The van der Waals surface area contributed by atoms with Gasteiger partial charge in [-0.05, 0) is 56.5 Å². The van der Waals surface area contributed by atoms with Crippen LogP contribution in [0.5, 0.6) is 0 Å². The molecule has 0 fully saturated rings. The SMILES string of the molecule is CCCOC(=O)c1c(C)c(-c2cccc(Cl)c2)nc2c(C)cc(C)cc12. The van der Waals surface area contributed by atoms with E-state index >= 15 is 0 Å². The minimum absolute atomic E-state index is 0.301. The van der Waals surface area contributed by atoms with Crippen molar-refractivity contribution in [1.29, 1.82) is 0 Å². The summed E-state index contributed by atoms with van der Waals surface area (Å²) in [5, 5.41) is 1.48. The first kappa shape index (κ1) is 18.4. The number of carbonyl (C=O) groups excluding carboxylic acids is 1. The third-order valence-electron chi connectivity index (χ3n) is 4.41. The van der Waals surface area contributed by atoms with Gasteiger partial charge in [0.1, 0.15) is 0 Å². The smallest absolute Gasteiger partial charge is 0.339 e. The van der Waals surface area contributed by atoms with Crippen molar-refractivity contribution in [3.8, 4) is 11.3 Å².